The highest BCUT2D eigenvalue weighted by atomic mass is 16.2. The summed E-state index contributed by atoms with van der Waals surface area (Å²) in [6, 6.07) is 8.12. The lowest BCUT2D eigenvalue weighted by Crippen LogP contribution is -2.50. The van der Waals surface area contributed by atoms with Crippen LogP contribution in [0.15, 0.2) is 18.2 Å². The molecular formula is C17H22N4O. The van der Waals surface area contributed by atoms with Crippen molar-refractivity contribution in [3.8, 4) is 6.07 Å². The molecule has 1 aromatic carbocycles. The molecule has 0 spiro atoms. The van der Waals surface area contributed by atoms with Crippen molar-refractivity contribution in [3.05, 3.63) is 29.3 Å². The highest BCUT2D eigenvalue weighted by Gasteiger charge is 2.22. The van der Waals surface area contributed by atoms with E-state index in [9.17, 15) is 4.79 Å². The normalized spacial score (nSPS) is 21.1. The predicted octanol–water partition coefficient (Wildman–Crippen LogP) is 2.53. The van der Waals surface area contributed by atoms with E-state index in [2.05, 4.69) is 22.0 Å². The summed E-state index contributed by atoms with van der Waals surface area (Å²) in [5.41, 5.74) is 2.81. The molecule has 1 aliphatic carbocycles. The molecule has 1 saturated carbocycles. The smallest absolute Gasteiger partial charge is 0.315 e. The maximum absolute atomic E-state index is 12.1. The van der Waals surface area contributed by atoms with Crippen molar-refractivity contribution in [2.24, 2.45) is 0 Å². The monoisotopic (exact) mass is 298 g/mol. The molecule has 2 amide bonds. The third-order valence-electron chi connectivity index (χ3n) is 4.52. The molecule has 1 fully saturated rings. The van der Waals surface area contributed by atoms with Crippen molar-refractivity contribution < 1.29 is 4.79 Å². The number of hydrogen-bond acceptors (Lipinski definition) is 3. The van der Waals surface area contributed by atoms with E-state index in [1.165, 1.54) is 19.3 Å². The molecule has 1 atom stereocenters. The molecule has 0 saturated heterocycles. The third kappa shape index (κ3) is 3.51. The number of anilines is 1. The van der Waals surface area contributed by atoms with E-state index in [0.717, 1.165) is 37.1 Å². The van der Waals surface area contributed by atoms with Crippen molar-refractivity contribution in [1.82, 2.24) is 10.6 Å². The van der Waals surface area contributed by atoms with Crippen LogP contribution in [0.3, 0.4) is 0 Å². The summed E-state index contributed by atoms with van der Waals surface area (Å²) in [4.78, 5) is 12.1. The predicted molar refractivity (Wildman–Crippen MR) is 85.7 cm³/mol. The van der Waals surface area contributed by atoms with Gasteiger partial charge in [-0.1, -0.05) is 19.3 Å². The molecule has 0 radical (unpaired) electrons. The van der Waals surface area contributed by atoms with Gasteiger partial charge in [0, 0.05) is 18.3 Å². The van der Waals surface area contributed by atoms with E-state index < -0.39 is 0 Å². The summed E-state index contributed by atoms with van der Waals surface area (Å²) in [6.45, 7) is 0.719. The maximum Gasteiger partial charge on any atom is 0.315 e. The first-order valence-corrected chi connectivity index (χ1v) is 8.08. The number of fused-ring (bicyclic) bond motifs is 1. The minimum atomic E-state index is -0.0708. The SMILES string of the molecule is N#Cc1ccc2c(c1)C[C@H](NC(=O)NC1CCCCC1)CN2. The highest BCUT2D eigenvalue weighted by molar-refractivity contribution is 5.75. The van der Waals surface area contributed by atoms with Crippen LogP contribution < -0.4 is 16.0 Å². The largest absolute Gasteiger partial charge is 0.383 e. The van der Waals surface area contributed by atoms with Gasteiger partial charge in [-0.2, -0.15) is 5.26 Å². The maximum atomic E-state index is 12.1. The van der Waals surface area contributed by atoms with Crippen LogP contribution in [0, 0.1) is 11.3 Å². The van der Waals surface area contributed by atoms with Gasteiger partial charge < -0.3 is 16.0 Å². The Morgan fingerprint density at radius 1 is 1.18 bits per heavy atom. The number of nitrogens with zero attached hydrogens (tertiary/aromatic N) is 1. The first-order valence-electron chi connectivity index (χ1n) is 8.08. The van der Waals surface area contributed by atoms with Crippen LogP contribution in [0.1, 0.15) is 43.2 Å². The van der Waals surface area contributed by atoms with Gasteiger partial charge in [0.15, 0.2) is 0 Å². The number of rotatable bonds is 2. The van der Waals surface area contributed by atoms with Crippen molar-refractivity contribution in [3.63, 3.8) is 0 Å². The molecule has 0 unspecified atom stereocenters. The van der Waals surface area contributed by atoms with E-state index in [0.29, 0.717) is 11.6 Å². The molecule has 0 bridgehead atoms. The second kappa shape index (κ2) is 6.69. The number of urea groups is 1. The first kappa shape index (κ1) is 14.7. The lowest BCUT2D eigenvalue weighted by molar-refractivity contribution is 0.229. The molecular weight excluding hydrogens is 276 g/mol. The average molecular weight is 298 g/mol. The molecule has 2 aliphatic rings. The van der Waals surface area contributed by atoms with Gasteiger partial charge in [0.25, 0.3) is 0 Å². The summed E-state index contributed by atoms with van der Waals surface area (Å²) in [6.07, 6.45) is 6.64. The lowest BCUT2D eigenvalue weighted by atomic mass is 9.95. The Morgan fingerprint density at radius 2 is 1.95 bits per heavy atom. The second-order valence-corrected chi connectivity index (χ2v) is 6.22. The van der Waals surface area contributed by atoms with Gasteiger partial charge in [-0.25, -0.2) is 4.79 Å². The molecule has 5 nitrogen and oxygen atoms in total. The lowest BCUT2D eigenvalue weighted by Gasteiger charge is -2.29. The molecule has 1 heterocycles. The molecule has 116 valence electrons. The second-order valence-electron chi connectivity index (χ2n) is 6.22. The summed E-state index contributed by atoms with van der Waals surface area (Å²) in [7, 11) is 0. The van der Waals surface area contributed by atoms with E-state index in [-0.39, 0.29) is 12.1 Å². The van der Waals surface area contributed by atoms with Crippen LogP contribution in [0.2, 0.25) is 0 Å². The van der Waals surface area contributed by atoms with Gasteiger partial charge >= 0.3 is 6.03 Å². The Bertz CT molecular complexity index is 587. The Kier molecular flexibility index (Phi) is 4.47. The van der Waals surface area contributed by atoms with Gasteiger partial charge in [0.1, 0.15) is 0 Å². The zero-order valence-corrected chi connectivity index (χ0v) is 12.7. The quantitative estimate of drug-likeness (QED) is 0.785. The van der Waals surface area contributed by atoms with E-state index in [4.69, 9.17) is 5.26 Å². The zero-order valence-electron chi connectivity index (χ0n) is 12.7. The van der Waals surface area contributed by atoms with Gasteiger partial charge in [0.05, 0.1) is 17.7 Å². The van der Waals surface area contributed by atoms with Crippen LogP contribution in [0.4, 0.5) is 10.5 Å². The number of amides is 2. The summed E-state index contributed by atoms with van der Waals surface area (Å²) in [5, 5.41) is 18.4. The number of hydrogen-bond donors (Lipinski definition) is 3. The summed E-state index contributed by atoms with van der Waals surface area (Å²) < 4.78 is 0. The van der Waals surface area contributed by atoms with Crippen molar-refractivity contribution in [2.75, 3.05) is 11.9 Å². The standard InChI is InChI=1S/C17H22N4O/c18-10-12-6-7-16-13(8-12)9-15(11-19-16)21-17(22)20-14-4-2-1-3-5-14/h6-8,14-15,19H,1-5,9,11H2,(H2,20,21,22)/t15-/m0/s1. The van der Waals surface area contributed by atoms with E-state index in [1.54, 1.807) is 0 Å². The number of carbonyl (C=O) groups excluding carboxylic acids is 1. The number of nitrogens with one attached hydrogen (secondary N) is 3. The minimum Gasteiger partial charge on any atom is -0.383 e. The number of carbonyl (C=O) groups is 1. The Balaban J connectivity index is 1.55. The van der Waals surface area contributed by atoms with Crippen LogP contribution in [0.5, 0.6) is 0 Å². The fourth-order valence-corrected chi connectivity index (χ4v) is 3.34. The third-order valence-corrected chi connectivity index (χ3v) is 4.52. The van der Waals surface area contributed by atoms with Gasteiger partial charge in [-0.3, -0.25) is 0 Å². The van der Waals surface area contributed by atoms with Crippen LogP contribution >= 0.6 is 0 Å². The highest BCUT2D eigenvalue weighted by Crippen LogP contribution is 2.23. The molecule has 1 aromatic rings. The molecule has 3 rings (SSSR count). The van der Waals surface area contributed by atoms with E-state index in [1.807, 2.05) is 18.2 Å². The topological polar surface area (TPSA) is 77.0 Å². The van der Waals surface area contributed by atoms with Crippen LogP contribution in [-0.2, 0) is 6.42 Å². The molecule has 5 heteroatoms. The van der Waals surface area contributed by atoms with E-state index >= 15 is 0 Å². The minimum absolute atomic E-state index is 0.0602. The van der Waals surface area contributed by atoms with Crippen molar-refractivity contribution >= 4 is 11.7 Å². The zero-order chi connectivity index (χ0) is 15.4. The molecule has 22 heavy (non-hydrogen) atoms. The molecule has 0 aromatic heterocycles. The fraction of sp³-hybridized carbons (Fsp3) is 0.529. The van der Waals surface area contributed by atoms with Crippen LogP contribution in [-0.4, -0.2) is 24.7 Å². The Labute approximate surface area is 131 Å². The van der Waals surface area contributed by atoms with Gasteiger partial charge in [-0.15, -0.1) is 0 Å². The first-order chi connectivity index (χ1) is 10.7. The van der Waals surface area contributed by atoms with Crippen LogP contribution in [0.25, 0.3) is 0 Å². The summed E-state index contributed by atoms with van der Waals surface area (Å²) >= 11 is 0. The molecule has 3 N–H and O–H groups in total. The average Bonchev–Trinajstić information content (AvgIpc) is 2.55. The summed E-state index contributed by atoms with van der Waals surface area (Å²) in [5.74, 6) is 0. The van der Waals surface area contributed by atoms with Crippen molar-refractivity contribution in [1.29, 1.82) is 5.26 Å². The van der Waals surface area contributed by atoms with Gasteiger partial charge in [-0.05, 0) is 43.0 Å². The Morgan fingerprint density at radius 3 is 2.73 bits per heavy atom. The number of benzene rings is 1. The Hall–Kier alpha value is -2.22. The fourth-order valence-electron chi connectivity index (χ4n) is 3.34. The molecule has 1 aliphatic heterocycles. The van der Waals surface area contributed by atoms with Crippen molar-refractivity contribution in [2.45, 2.75) is 50.6 Å². The van der Waals surface area contributed by atoms with Gasteiger partial charge in [0.2, 0.25) is 0 Å². The number of nitriles is 1.